The number of hydrogen-bond donors (Lipinski definition) is 1. The lowest BCUT2D eigenvalue weighted by atomic mass is 10.2. The molecule has 0 unspecified atom stereocenters. The quantitative estimate of drug-likeness (QED) is 0.241. The molecule has 0 aliphatic rings. The molecule has 3 aromatic rings. The second-order valence-corrected chi connectivity index (χ2v) is 10.8. The van der Waals surface area contributed by atoms with E-state index in [0.29, 0.717) is 34.3 Å². The highest BCUT2D eigenvalue weighted by Gasteiger charge is 2.28. The lowest BCUT2D eigenvalue weighted by Gasteiger charge is -2.22. The van der Waals surface area contributed by atoms with Gasteiger partial charge in [-0.3, -0.25) is 4.79 Å². The van der Waals surface area contributed by atoms with Crippen LogP contribution in [0.3, 0.4) is 0 Å². The van der Waals surface area contributed by atoms with Crippen molar-refractivity contribution in [2.45, 2.75) is 18.4 Å². The van der Waals surface area contributed by atoms with Gasteiger partial charge in [-0.2, -0.15) is 9.41 Å². The highest BCUT2D eigenvalue weighted by atomic mass is 35.5. The number of carbonyl (C=O) groups excluding carboxylic acids is 1. The Balaban J connectivity index is 1.81. The molecule has 3 rings (SSSR count). The van der Waals surface area contributed by atoms with Crippen molar-refractivity contribution in [2.24, 2.45) is 5.10 Å². The average molecular weight is 585 g/mol. The number of nitrogens with one attached hydrogen (secondary N) is 1. The SMILES string of the molecule is CCOc1ccc(/C=N\NC(=O)CN(Cc2c(Cl)cccc2Cl)S(=O)(=O)c2ccc(Cl)cc2)cc1OC. The van der Waals surface area contributed by atoms with Gasteiger partial charge in [-0.05, 0) is 67.1 Å². The molecule has 0 heterocycles. The normalized spacial score (nSPS) is 11.6. The summed E-state index contributed by atoms with van der Waals surface area (Å²) in [6, 6.07) is 15.6. The standard InChI is InChI=1S/C25H24Cl3N3O5S/c1-3-36-23-12-7-17(13-24(23)35-2)14-29-30-25(32)16-31(15-20-21(27)5-4-6-22(20)28)37(33,34)19-10-8-18(26)9-11-19/h4-14H,3,15-16H2,1-2H3,(H,30,32)/b29-14-. The van der Waals surface area contributed by atoms with Gasteiger partial charge in [0, 0.05) is 27.2 Å². The molecular formula is C25H24Cl3N3O5S. The zero-order valence-corrected chi connectivity index (χ0v) is 23.0. The van der Waals surface area contributed by atoms with Gasteiger partial charge in [-0.15, -0.1) is 0 Å². The fourth-order valence-corrected chi connectivity index (χ4v) is 5.26. The summed E-state index contributed by atoms with van der Waals surface area (Å²) in [5.74, 6) is 0.413. The van der Waals surface area contributed by atoms with Crippen LogP contribution >= 0.6 is 34.8 Å². The maximum Gasteiger partial charge on any atom is 0.255 e. The van der Waals surface area contributed by atoms with Crippen LogP contribution in [0.4, 0.5) is 0 Å². The van der Waals surface area contributed by atoms with Gasteiger partial charge >= 0.3 is 0 Å². The summed E-state index contributed by atoms with van der Waals surface area (Å²) in [5, 5.41) is 4.86. The fourth-order valence-electron chi connectivity index (χ4n) is 3.25. The highest BCUT2D eigenvalue weighted by molar-refractivity contribution is 7.89. The van der Waals surface area contributed by atoms with Gasteiger partial charge in [0.2, 0.25) is 10.0 Å². The molecule has 0 aliphatic heterocycles. The van der Waals surface area contributed by atoms with Crippen LogP contribution in [0.15, 0.2) is 70.7 Å². The average Bonchev–Trinajstić information content (AvgIpc) is 2.86. The second kappa shape index (κ2) is 13.1. The molecule has 0 spiro atoms. The molecule has 1 amide bonds. The number of nitrogens with zero attached hydrogens (tertiary/aromatic N) is 2. The van der Waals surface area contributed by atoms with E-state index in [2.05, 4.69) is 10.5 Å². The van der Waals surface area contributed by atoms with Crippen molar-refractivity contribution in [3.05, 3.63) is 86.9 Å². The van der Waals surface area contributed by atoms with Gasteiger partial charge in [0.1, 0.15) is 0 Å². The van der Waals surface area contributed by atoms with E-state index < -0.39 is 22.5 Å². The molecule has 0 saturated heterocycles. The number of hydrazone groups is 1. The number of amides is 1. The van der Waals surface area contributed by atoms with Gasteiger partial charge in [0.15, 0.2) is 11.5 Å². The molecule has 0 bridgehead atoms. The van der Waals surface area contributed by atoms with Crippen molar-refractivity contribution in [1.29, 1.82) is 0 Å². The van der Waals surface area contributed by atoms with Gasteiger partial charge in [-0.25, -0.2) is 13.8 Å². The number of carbonyl (C=O) groups is 1. The van der Waals surface area contributed by atoms with Gasteiger partial charge in [0.05, 0.1) is 31.4 Å². The van der Waals surface area contributed by atoms with E-state index in [9.17, 15) is 13.2 Å². The van der Waals surface area contributed by atoms with Crippen molar-refractivity contribution < 1.29 is 22.7 Å². The second-order valence-electron chi connectivity index (χ2n) is 7.56. The zero-order chi connectivity index (χ0) is 27.0. The van der Waals surface area contributed by atoms with Crippen LogP contribution in [-0.2, 0) is 21.4 Å². The summed E-state index contributed by atoms with van der Waals surface area (Å²) in [5.41, 5.74) is 3.35. The lowest BCUT2D eigenvalue weighted by Crippen LogP contribution is -2.39. The first-order valence-electron chi connectivity index (χ1n) is 11.0. The van der Waals surface area contributed by atoms with Crippen molar-refractivity contribution in [3.63, 3.8) is 0 Å². The zero-order valence-electron chi connectivity index (χ0n) is 19.9. The third-order valence-corrected chi connectivity index (χ3v) is 7.82. The number of sulfonamides is 1. The molecule has 0 fully saturated rings. The minimum absolute atomic E-state index is 0.0436. The predicted molar refractivity (Wildman–Crippen MR) is 145 cm³/mol. The van der Waals surface area contributed by atoms with Crippen LogP contribution in [-0.4, -0.2) is 45.1 Å². The molecule has 3 aromatic carbocycles. The first-order valence-corrected chi connectivity index (χ1v) is 13.5. The molecule has 0 saturated carbocycles. The molecule has 12 heteroatoms. The summed E-state index contributed by atoms with van der Waals surface area (Å²) in [7, 11) is -2.61. The Morgan fingerprint density at radius 3 is 2.32 bits per heavy atom. The molecule has 0 aromatic heterocycles. The topological polar surface area (TPSA) is 97.3 Å². The monoisotopic (exact) mass is 583 g/mol. The molecule has 37 heavy (non-hydrogen) atoms. The molecule has 8 nitrogen and oxygen atoms in total. The van der Waals surface area contributed by atoms with E-state index in [1.165, 1.54) is 37.6 Å². The van der Waals surface area contributed by atoms with E-state index in [-0.39, 0.29) is 21.5 Å². The minimum Gasteiger partial charge on any atom is -0.493 e. The number of benzene rings is 3. The number of hydrogen-bond acceptors (Lipinski definition) is 6. The predicted octanol–water partition coefficient (Wildman–Crippen LogP) is 5.40. The highest BCUT2D eigenvalue weighted by Crippen LogP contribution is 2.29. The largest absolute Gasteiger partial charge is 0.493 e. The van der Waals surface area contributed by atoms with Crippen LogP contribution in [0.5, 0.6) is 11.5 Å². The summed E-state index contributed by atoms with van der Waals surface area (Å²) < 4.78 is 38.6. The molecule has 0 aliphatic carbocycles. The number of rotatable bonds is 11. The first kappa shape index (κ1) is 28.7. The molecule has 0 atom stereocenters. The molecule has 196 valence electrons. The lowest BCUT2D eigenvalue weighted by molar-refractivity contribution is -0.121. The van der Waals surface area contributed by atoms with E-state index in [1.54, 1.807) is 36.4 Å². The number of halogens is 3. The Morgan fingerprint density at radius 2 is 1.70 bits per heavy atom. The summed E-state index contributed by atoms with van der Waals surface area (Å²) in [6.07, 6.45) is 1.40. The Morgan fingerprint density at radius 1 is 1.03 bits per heavy atom. The molecular weight excluding hydrogens is 561 g/mol. The van der Waals surface area contributed by atoms with Crippen LogP contribution in [0.2, 0.25) is 15.1 Å². The Bertz CT molecular complexity index is 1360. The third kappa shape index (κ3) is 7.59. The molecule has 0 radical (unpaired) electrons. The third-order valence-electron chi connectivity index (χ3n) is 5.06. The Labute approximate surface area is 230 Å². The van der Waals surface area contributed by atoms with E-state index in [1.807, 2.05) is 6.92 Å². The fraction of sp³-hybridized carbons (Fsp3) is 0.200. The maximum absolute atomic E-state index is 13.4. The summed E-state index contributed by atoms with van der Waals surface area (Å²) in [4.78, 5) is 12.7. The number of ether oxygens (including phenoxy) is 2. The van der Waals surface area contributed by atoms with Crippen LogP contribution in [0, 0.1) is 0 Å². The summed E-state index contributed by atoms with van der Waals surface area (Å²) >= 11 is 18.4. The van der Waals surface area contributed by atoms with E-state index in [0.717, 1.165) is 4.31 Å². The number of methoxy groups -OCH3 is 1. The van der Waals surface area contributed by atoms with Gasteiger partial charge in [0.25, 0.3) is 5.91 Å². The van der Waals surface area contributed by atoms with Crippen molar-refractivity contribution in [3.8, 4) is 11.5 Å². The Kier molecular flexibility index (Phi) is 10.2. The van der Waals surface area contributed by atoms with Gasteiger partial charge < -0.3 is 9.47 Å². The van der Waals surface area contributed by atoms with E-state index >= 15 is 0 Å². The van der Waals surface area contributed by atoms with Crippen molar-refractivity contribution in [1.82, 2.24) is 9.73 Å². The van der Waals surface area contributed by atoms with Crippen molar-refractivity contribution >= 4 is 56.9 Å². The van der Waals surface area contributed by atoms with Crippen LogP contribution in [0.1, 0.15) is 18.1 Å². The first-order chi connectivity index (χ1) is 17.6. The van der Waals surface area contributed by atoms with Crippen LogP contribution < -0.4 is 14.9 Å². The maximum atomic E-state index is 13.4. The summed E-state index contributed by atoms with van der Waals surface area (Å²) in [6.45, 7) is 1.56. The van der Waals surface area contributed by atoms with E-state index in [4.69, 9.17) is 44.3 Å². The van der Waals surface area contributed by atoms with Crippen LogP contribution in [0.25, 0.3) is 0 Å². The van der Waals surface area contributed by atoms with Crippen molar-refractivity contribution in [2.75, 3.05) is 20.3 Å². The van der Waals surface area contributed by atoms with Gasteiger partial charge in [-0.1, -0.05) is 40.9 Å². The minimum atomic E-state index is -4.13. The smallest absolute Gasteiger partial charge is 0.255 e. The molecule has 1 N–H and O–H groups in total. The Hall–Kier alpha value is -2.82.